The Kier molecular flexibility index (Phi) is 4.99. The van der Waals surface area contributed by atoms with Crippen LogP contribution in [-0.4, -0.2) is 17.2 Å². The van der Waals surface area contributed by atoms with Crippen LogP contribution in [0.1, 0.15) is 23.6 Å². The van der Waals surface area contributed by atoms with Crippen LogP contribution in [0.15, 0.2) is 48.5 Å². The summed E-state index contributed by atoms with van der Waals surface area (Å²) in [5.74, 6) is -0.326. The highest BCUT2D eigenvalue weighted by Crippen LogP contribution is 2.19. The first-order valence-electron chi connectivity index (χ1n) is 7.13. The second-order valence-electron chi connectivity index (χ2n) is 5.08. The Balaban J connectivity index is 2.12. The summed E-state index contributed by atoms with van der Waals surface area (Å²) in [5.41, 5.74) is 3.14. The summed E-state index contributed by atoms with van der Waals surface area (Å²) in [7, 11) is 0. The van der Waals surface area contributed by atoms with Gasteiger partial charge in [-0.2, -0.15) is 0 Å². The van der Waals surface area contributed by atoms with Crippen LogP contribution in [-0.2, 0) is 17.6 Å². The molecule has 0 bridgehead atoms. The summed E-state index contributed by atoms with van der Waals surface area (Å²) >= 11 is 0. The second kappa shape index (κ2) is 6.93. The minimum atomic E-state index is -0.946. The maximum atomic E-state index is 11.4. The van der Waals surface area contributed by atoms with Crippen LogP contribution in [0, 0.1) is 6.92 Å². The number of hydrogen-bond donors (Lipinski definition) is 1. The first-order chi connectivity index (χ1) is 10.1. The fraction of sp³-hybridized carbons (Fsp3) is 0.278. The molecule has 0 fully saturated rings. The van der Waals surface area contributed by atoms with E-state index in [1.165, 1.54) is 5.56 Å². The summed E-state index contributed by atoms with van der Waals surface area (Å²) in [4.78, 5) is 11.4. The molecule has 110 valence electrons. The number of ether oxygens (including phenoxy) is 1. The summed E-state index contributed by atoms with van der Waals surface area (Å²) < 4.78 is 5.67. The number of aryl methyl sites for hydroxylation is 2. The summed E-state index contributed by atoms with van der Waals surface area (Å²) in [6, 6.07) is 15.4. The average Bonchev–Trinajstić information content (AvgIpc) is 2.49. The van der Waals surface area contributed by atoms with Gasteiger partial charge < -0.3 is 9.84 Å². The summed E-state index contributed by atoms with van der Waals surface area (Å²) in [5, 5.41) is 9.36. The molecular formula is C18H20O3. The number of carbonyl (C=O) groups is 1. The van der Waals surface area contributed by atoms with Crippen molar-refractivity contribution in [1.29, 1.82) is 0 Å². The first-order valence-corrected chi connectivity index (χ1v) is 7.13. The van der Waals surface area contributed by atoms with E-state index in [4.69, 9.17) is 4.74 Å². The molecule has 2 rings (SSSR count). The molecule has 2 aromatic rings. The van der Waals surface area contributed by atoms with Gasteiger partial charge in [0.2, 0.25) is 0 Å². The molecule has 0 aliphatic heterocycles. The van der Waals surface area contributed by atoms with Crippen molar-refractivity contribution in [2.45, 2.75) is 32.8 Å². The normalized spacial score (nSPS) is 11.9. The third kappa shape index (κ3) is 4.09. The lowest BCUT2D eigenvalue weighted by atomic mass is 10.0. The quantitative estimate of drug-likeness (QED) is 0.881. The van der Waals surface area contributed by atoms with Gasteiger partial charge in [-0.15, -0.1) is 0 Å². The molecule has 0 heterocycles. The number of benzene rings is 2. The molecule has 3 nitrogen and oxygen atoms in total. The van der Waals surface area contributed by atoms with E-state index in [2.05, 4.69) is 6.92 Å². The number of carboxylic acids is 1. The van der Waals surface area contributed by atoms with Crippen molar-refractivity contribution in [3.8, 4) is 5.75 Å². The standard InChI is InChI=1S/C18H20O3/c1-3-14-8-10-15(11-9-14)12-17(18(19)20)21-16-7-5-4-6-13(16)2/h4-11,17H,3,12H2,1-2H3,(H,19,20)/t17-/m0/s1. The number of para-hydroxylation sites is 1. The zero-order valence-electron chi connectivity index (χ0n) is 12.4. The molecule has 0 spiro atoms. The monoisotopic (exact) mass is 284 g/mol. The van der Waals surface area contributed by atoms with E-state index < -0.39 is 12.1 Å². The molecule has 0 saturated heterocycles. The first kappa shape index (κ1) is 15.1. The van der Waals surface area contributed by atoms with Crippen molar-refractivity contribution < 1.29 is 14.6 Å². The van der Waals surface area contributed by atoms with Crippen molar-refractivity contribution in [2.24, 2.45) is 0 Å². The van der Waals surface area contributed by atoms with Crippen molar-refractivity contribution in [2.75, 3.05) is 0 Å². The predicted molar refractivity (Wildman–Crippen MR) is 82.8 cm³/mol. The molecule has 0 unspecified atom stereocenters. The molecule has 1 N–H and O–H groups in total. The van der Waals surface area contributed by atoms with Crippen LogP contribution >= 0.6 is 0 Å². The SMILES string of the molecule is CCc1ccc(C[C@H](Oc2ccccc2C)C(=O)O)cc1. The Morgan fingerprint density at radius 3 is 2.29 bits per heavy atom. The van der Waals surface area contributed by atoms with E-state index in [0.717, 1.165) is 17.5 Å². The lowest BCUT2D eigenvalue weighted by Gasteiger charge is -2.17. The molecule has 0 aliphatic rings. The molecule has 0 aliphatic carbocycles. The Morgan fingerprint density at radius 2 is 1.71 bits per heavy atom. The van der Waals surface area contributed by atoms with E-state index in [0.29, 0.717) is 12.2 Å². The molecule has 21 heavy (non-hydrogen) atoms. The predicted octanol–water partition coefficient (Wildman–Crippen LogP) is 3.63. The second-order valence-corrected chi connectivity index (χ2v) is 5.08. The molecule has 0 amide bonds. The third-order valence-electron chi connectivity index (χ3n) is 3.49. The van der Waals surface area contributed by atoms with Crippen LogP contribution in [0.3, 0.4) is 0 Å². The van der Waals surface area contributed by atoms with Crippen molar-refractivity contribution in [3.63, 3.8) is 0 Å². The maximum Gasteiger partial charge on any atom is 0.345 e. The van der Waals surface area contributed by atoms with Crippen LogP contribution in [0.2, 0.25) is 0 Å². The Hall–Kier alpha value is -2.29. The zero-order chi connectivity index (χ0) is 15.2. The van der Waals surface area contributed by atoms with Gasteiger partial charge in [0.1, 0.15) is 5.75 Å². The van der Waals surface area contributed by atoms with Crippen molar-refractivity contribution >= 4 is 5.97 Å². The van der Waals surface area contributed by atoms with E-state index in [9.17, 15) is 9.90 Å². The number of hydrogen-bond acceptors (Lipinski definition) is 2. The smallest absolute Gasteiger partial charge is 0.345 e. The summed E-state index contributed by atoms with van der Waals surface area (Å²) in [6.07, 6.45) is 0.453. The molecular weight excluding hydrogens is 264 g/mol. The van der Waals surface area contributed by atoms with Gasteiger partial charge in [-0.1, -0.05) is 49.4 Å². The van der Waals surface area contributed by atoms with Crippen LogP contribution in [0.25, 0.3) is 0 Å². The van der Waals surface area contributed by atoms with Crippen LogP contribution in [0.4, 0.5) is 0 Å². The Morgan fingerprint density at radius 1 is 1.10 bits per heavy atom. The highest BCUT2D eigenvalue weighted by Gasteiger charge is 2.20. The topological polar surface area (TPSA) is 46.5 Å². The largest absolute Gasteiger partial charge is 0.478 e. The third-order valence-corrected chi connectivity index (χ3v) is 3.49. The minimum absolute atomic E-state index is 0.355. The molecule has 0 saturated carbocycles. The van der Waals surface area contributed by atoms with Gasteiger partial charge in [-0.05, 0) is 36.1 Å². The fourth-order valence-electron chi connectivity index (χ4n) is 2.15. The summed E-state index contributed by atoms with van der Waals surface area (Å²) in [6.45, 7) is 4.00. The van der Waals surface area contributed by atoms with Gasteiger partial charge in [0, 0.05) is 6.42 Å². The van der Waals surface area contributed by atoms with E-state index in [-0.39, 0.29) is 0 Å². The lowest BCUT2D eigenvalue weighted by molar-refractivity contribution is -0.145. The van der Waals surface area contributed by atoms with Gasteiger partial charge in [-0.3, -0.25) is 0 Å². The average molecular weight is 284 g/mol. The molecule has 1 atom stereocenters. The number of rotatable bonds is 6. The zero-order valence-corrected chi connectivity index (χ0v) is 12.4. The molecule has 2 aromatic carbocycles. The fourth-order valence-corrected chi connectivity index (χ4v) is 2.15. The van der Waals surface area contributed by atoms with Gasteiger partial charge in [0.15, 0.2) is 6.10 Å². The molecule has 0 radical (unpaired) electrons. The minimum Gasteiger partial charge on any atom is -0.478 e. The lowest BCUT2D eigenvalue weighted by Crippen LogP contribution is -2.29. The maximum absolute atomic E-state index is 11.4. The van der Waals surface area contributed by atoms with Crippen molar-refractivity contribution in [3.05, 3.63) is 65.2 Å². The van der Waals surface area contributed by atoms with Crippen LogP contribution < -0.4 is 4.74 Å². The Labute approximate surface area is 125 Å². The number of aliphatic carboxylic acids is 1. The van der Waals surface area contributed by atoms with Gasteiger partial charge in [-0.25, -0.2) is 4.79 Å². The van der Waals surface area contributed by atoms with Gasteiger partial charge >= 0.3 is 5.97 Å². The van der Waals surface area contributed by atoms with Crippen LogP contribution in [0.5, 0.6) is 5.75 Å². The highest BCUT2D eigenvalue weighted by atomic mass is 16.5. The van der Waals surface area contributed by atoms with Crippen molar-refractivity contribution in [1.82, 2.24) is 0 Å². The molecule has 3 heteroatoms. The van der Waals surface area contributed by atoms with Gasteiger partial charge in [0.25, 0.3) is 0 Å². The Bertz CT molecular complexity index is 602. The van der Waals surface area contributed by atoms with E-state index >= 15 is 0 Å². The van der Waals surface area contributed by atoms with Gasteiger partial charge in [0.05, 0.1) is 0 Å². The molecule has 0 aromatic heterocycles. The number of carboxylic acid groups (broad SMARTS) is 1. The van der Waals surface area contributed by atoms with E-state index in [1.54, 1.807) is 6.07 Å². The van der Waals surface area contributed by atoms with E-state index in [1.807, 2.05) is 49.4 Å². The highest BCUT2D eigenvalue weighted by molar-refractivity contribution is 5.73.